The van der Waals surface area contributed by atoms with Crippen LogP contribution in [0.15, 0.2) is 36.7 Å². The molecule has 9 heteroatoms. The number of fused-ring (bicyclic) bond motifs is 5. The van der Waals surface area contributed by atoms with E-state index in [2.05, 4.69) is 34.3 Å². The first-order chi connectivity index (χ1) is 16.7. The fraction of sp³-hybridized carbons (Fsp3) is 0.423. The summed E-state index contributed by atoms with van der Waals surface area (Å²) in [6.45, 7) is 4.16. The fourth-order valence-electron chi connectivity index (χ4n) is 6.22. The lowest BCUT2D eigenvalue weighted by Crippen LogP contribution is -2.41. The first-order valence-electron chi connectivity index (χ1n) is 11.8. The topological polar surface area (TPSA) is 101 Å². The van der Waals surface area contributed by atoms with Gasteiger partial charge >= 0.3 is 0 Å². The van der Waals surface area contributed by atoms with E-state index < -0.39 is 22.6 Å². The van der Waals surface area contributed by atoms with Crippen molar-refractivity contribution in [3.63, 3.8) is 0 Å². The maximum atomic E-state index is 14.5. The Bertz CT molecular complexity index is 1350. The van der Waals surface area contributed by atoms with E-state index in [1.54, 1.807) is 12.3 Å². The highest BCUT2D eigenvalue weighted by Crippen LogP contribution is 2.69. The van der Waals surface area contributed by atoms with E-state index in [0.717, 1.165) is 36.9 Å². The summed E-state index contributed by atoms with van der Waals surface area (Å²) in [5, 5.41) is 21.2. The average Bonchev–Trinajstić information content (AvgIpc) is 3.52. The molecule has 0 spiro atoms. The monoisotopic (exact) mass is 477 g/mol. The van der Waals surface area contributed by atoms with Crippen LogP contribution in [0.2, 0.25) is 0 Å². The molecule has 2 N–H and O–H groups in total. The number of halogens is 2. The van der Waals surface area contributed by atoms with Gasteiger partial charge in [0.25, 0.3) is 5.91 Å². The summed E-state index contributed by atoms with van der Waals surface area (Å²) in [4.78, 5) is 21.9. The standard InChI is InChI=1S/C26H25F2N5O2/c1-24(2)15-6-7-26(24,20-12-29-11-19(30-20)23(35)31-25(13-34)8-9-25)22-14(15)10-18(32-33-22)21-16(27)4-3-5-17(21)28/h3-5,10-12,15,34H,6-9,13H2,1-2H3,(H,31,35)/t15-,26-/m0/s1. The minimum atomic E-state index is -0.683. The molecule has 2 saturated carbocycles. The number of carbonyl (C=O) groups excluding carboxylic acids is 1. The first-order valence-corrected chi connectivity index (χ1v) is 11.8. The zero-order valence-corrected chi connectivity index (χ0v) is 19.5. The van der Waals surface area contributed by atoms with Crippen LogP contribution in [0.5, 0.6) is 0 Å². The third-order valence-corrected chi connectivity index (χ3v) is 8.44. The molecule has 1 amide bonds. The van der Waals surface area contributed by atoms with E-state index in [0.29, 0.717) is 5.69 Å². The Morgan fingerprint density at radius 2 is 1.89 bits per heavy atom. The molecule has 2 bridgehead atoms. The summed E-state index contributed by atoms with van der Waals surface area (Å²) < 4.78 is 28.9. The van der Waals surface area contributed by atoms with Gasteiger partial charge in [-0.2, -0.15) is 5.10 Å². The number of nitrogens with one attached hydrogen (secondary N) is 1. The molecule has 3 aromatic rings. The van der Waals surface area contributed by atoms with Crippen LogP contribution in [-0.4, -0.2) is 43.3 Å². The van der Waals surface area contributed by atoms with Gasteiger partial charge in [-0.25, -0.2) is 13.8 Å². The van der Waals surface area contributed by atoms with Crippen molar-refractivity contribution in [3.8, 4) is 11.3 Å². The summed E-state index contributed by atoms with van der Waals surface area (Å²) in [5.74, 6) is -1.65. The van der Waals surface area contributed by atoms with Gasteiger partial charge in [-0.15, -0.1) is 5.10 Å². The van der Waals surface area contributed by atoms with Crippen molar-refractivity contribution in [2.75, 3.05) is 6.61 Å². The highest BCUT2D eigenvalue weighted by Gasteiger charge is 2.65. The van der Waals surface area contributed by atoms with Crippen LogP contribution in [0.4, 0.5) is 8.78 Å². The Hall–Kier alpha value is -3.33. The second kappa shape index (κ2) is 7.34. The van der Waals surface area contributed by atoms with Crippen LogP contribution in [-0.2, 0) is 5.41 Å². The number of hydrogen-bond donors (Lipinski definition) is 2. The normalized spacial score (nSPS) is 24.8. The van der Waals surface area contributed by atoms with Gasteiger partial charge in [0.2, 0.25) is 0 Å². The van der Waals surface area contributed by atoms with E-state index in [1.807, 2.05) is 0 Å². The molecule has 0 unspecified atom stereocenters. The number of aliphatic hydroxyl groups excluding tert-OH is 1. The summed E-state index contributed by atoms with van der Waals surface area (Å²) in [6, 6.07) is 5.49. The lowest BCUT2D eigenvalue weighted by atomic mass is 9.66. The lowest BCUT2D eigenvalue weighted by Gasteiger charge is -2.37. The molecular weight excluding hydrogens is 452 g/mol. The zero-order chi connectivity index (χ0) is 24.6. The third-order valence-electron chi connectivity index (χ3n) is 8.44. The molecule has 0 aliphatic heterocycles. The smallest absolute Gasteiger partial charge is 0.272 e. The molecule has 3 aliphatic rings. The molecular formula is C26H25F2N5O2. The molecule has 2 atom stereocenters. The van der Waals surface area contributed by atoms with Gasteiger partial charge in [-0.1, -0.05) is 19.9 Å². The lowest BCUT2D eigenvalue weighted by molar-refractivity contribution is 0.0900. The summed E-state index contributed by atoms with van der Waals surface area (Å²) in [5.41, 5.74) is 0.890. The van der Waals surface area contributed by atoms with Crippen LogP contribution >= 0.6 is 0 Å². The van der Waals surface area contributed by atoms with E-state index >= 15 is 0 Å². The van der Waals surface area contributed by atoms with E-state index in [1.165, 1.54) is 24.4 Å². The van der Waals surface area contributed by atoms with Crippen molar-refractivity contribution in [1.82, 2.24) is 25.5 Å². The van der Waals surface area contributed by atoms with E-state index in [4.69, 9.17) is 4.98 Å². The quantitative estimate of drug-likeness (QED) is 0.582. The molecule has 3 aliphatic carbocycles. The summed E-state index contributed by atoms with van der Waals surface area (Å²) in [7, 11) is 0. The van der Waals surface area contributed by atoms with Gasteiger partial charge in [0.1, 0.15) is 17.3 Å². The Morgan fingerprint density at radius 1 is 1.14 bits per heavy atom. The number of nitrogens with zero attached hydrogens (tertiary/aromatic N) is 4. The summed E-state index contributed by atoms with van der Waals surface area (Å²) in [6.07, 6.45) is 6.15. The van der Waals surface area contributed by atoms with Crippen molar-refractivity contribution < 1.29 is 18.7 Å². The molecule has 35 heavy (non-hydrogen) atoms. The highest BCUT2D eigenvalue weighted by molar-refractivity contribution is 5.92. The van der Waals surface area contributed by atoms with Crippen molar-refractivity contribution in [2.45, 2.75) is 56.4 Å². The van der Waals surface area contributed by atoms with Crippen LogP contribution in [0.1, 0.15) is 72.9 Å². The largest absolute Gasteiger partial charge is 0.394 e. The van der Waals surface area contributed by atoms with Gasteiger partial charge in [-0.3, -0.25) is 9.78 Å². The van der Waals surface area contributed by atoms with Gasteiger partial charge in [0, 0.05) is 6.20 Å². The van der Waals surface area contributed by atoms with Crippen molar-refractivity contribution in [1.29, 1.82) is 0 Å². The Balaban J connectivity index is 1.44. The van der Waals surface area contributed by atoms with Crippen molar-refractivity contribution in [2.24, 2.45) is 5.41 Å². The molecule has 6 rings (SSSR count). The van der Waals surface area contributed by atoms with Gasteiger partial charge < -0.3 is 10.4 Å². The maximum Gasteiger partial charge on any atom is 0.272 e. The minimum Gasteiger partial charge on any atom is -0.394 e. The van der Waals surface area contributed by atoms with Crippen molar-refractivity contribution >= 4 is 5.91 Å². The SMILES string of the molecule is CC1(C)[C@H]2CC[C@]1(c1cncc(C(=O)NC3(CO)CC3)n1)c1nnc(-c3c(F)cccc3F)cc12. The third kappa shape index (κ3) is 3.00. The molecule has 0 saturated heterocycles. The Labute approximate surface area is 201 Å². The molecule has 180 valence electrons. The van der Waals surface area contributed by atoms with E-state index in [9.17, 15) is 18.7 Å². The predicted molar refractivity (Wildman–Crippen MR) is 122 cm³/mol. The second-order valence-electron chi connectivity index (χ2n) is 10.5. The first kappa shape index (κ1) is 22.2. The number of carbonyl (C=O) groups is 1. The molecule has 2 aromatic heterocycles. The number of aliphatic hydroxyl groups is 1. The number of amides is 1. The maximum absolute atomic E-state index is 14.5. The molecule has 0 radical (unpaired) electrons. The number of rotatable bonds is 5. The number of benzene rings is 1. The highest BCUT2D eigenvalue weighted by atomic mass is 19.1. The van der Waals surface area contributed by atoms with Gasteiger partial charge in [0.15, 0.2) is 0 Å². The molecule has 2 heterocycles. The summed E-state index contributed by atoms with van der Waals surface area (Å²) >= 11 is 0. The predicted octanol–water partition coefficient (Wildman–Crippen LogP) is 3.67. The van der Waals surface area contributed by atoms with Crippen LogP contribution in [0, 0.1) is 17.0 Å². The molecule has 1 aromatic carbocycles. The van der Waals surface area contributed by atoms with Gasteiger partial charge in [-0.05, 0) is 60.8 Å². The van der Waals surface area contributed by atoms with E-state index in [-0.39, 0.29) is 40.8 Å². The number of hydrogen-bond acceptors (Lipinski definition) is 6. The number of aromatic nitrogens is 4. The van der Waals surface area contributed by atoms with Crippen LogP contribution < -0.4 is 5.32 Å². The Kier molecular flexibility index (Phi) is 4.64. The van der Waals surface area contributed by atoms with Crippen LogP contribution in [0.25, 0.3) is 11.3 Å². The van der Waals surface area contributed by atoms with Gasteiger partial charge in [0.05, 0.1) is 46.4 Å². The zero-order valence-electron chi connectivity index (χ0n) is 19.5. The second-order valence-corrected chi connectivity index (χ2v) is 10.5. The van der Waals surface area contributed by atoms with Crippen LogP contribution in [0.3, 0.4) is 0 Å². The Morgan fingerprint density at radius 3 is 2.57 bits per heavy atom. The fourth-order valence-corrected chi connectivity index (χ4v) is 6.22. The average molecular weight is 478 g/mol. The van der Waals surface area contributed by atoms with Crippen molar-refractivity contribution in [3.05, 3.63) is 70.9 Å². The molecule has 2 fully saturated rings. The minimum absolute atomic E-state index is 0.0880. The molecule has 7 nitrogen and oxygen atoms in total.